The first kappa shape index (κ1) is 28.2. The number of nitrogens with zero attached hydrogens (tertiary/aromatic N) is 5. The second kappa shape index (κ2) is 10.9. The van der Waals surface area contributed by atoms with E-state index >= 15 is 0 Å². The summed E-state index contributed by atoms with van der Waals surface area (Å²) in [6, 6.07) is 9.01. The van der Waals surface area contributed by atoms with Gasteiger partial charge in [-0.25, -0.2) is 18.7 Å². The molecule has 4 heterocycles. The highest BCUT2D eigenvalue weighted by atomic mass is 35.5. The molecule has 11 heteroatoms. The lowest BCUT2D eigenvalue weighted by atomic mass is 10.0. The van der Waals surface area contributed by atoms with Crippen molar-refractivity contribution in [2.45, 2.75) is 39.7 Å². The number of pyridine rings is 2. The number of halogens is 2. The summed E-state index contributed by atoms with van der Waals surface area (Å²) in [5.74, 6) is -0.460. The highest BCUT2D eigenvalue weighted by Crippen LogP contribution is 2.36. The minimum Gasteiger partial charge on any atom is -0.350 e. The number of aryl methyl sites for hydroxylation is 1. The van der Waals surface area contributed by atoms with Crippen molar-refractivity contribution in [3.05, 3.63) is 92.0 Å². The van der Waals surface area contributed by atoms with Crippen LogP contribution in [0.25, 0.3) is 28.0 Å². The van der Waals surface area contributed by atoms with E-state index in [1.54, 1.807) is 36.1 Å². The van der Waals surface area contributed by atoms with E-state index < -0.39 is 11.5 Å². The zero-order chi connectivity index (χ0) is 29.6. The Kier molecular flexibility index (Phi) is 7.52. The summed E-state index contributed by atoms with van der Waals surface area (Å²) < 4.78 is 16.3. The Balaban J connectivity index is 1.83. The minimum absolute atomic E-state index is 0.145. The number of hydrogen-bond donors (Lipinski definition) is 1. The Morgan fingerprint density at radius 1 is 1.20 bits per heavy atom. The van der Waals surface area contributed by atoms with Crippen molar-refractivity contribution < 1.29 is 9.18 Å². The monoisotopic (exact) mass is 576 g/mol. The van der Waals surface area contributed by atoms with Crippen LogP contribution in [0.4, 0.5) is 10.2 Å². The molecule has 9 nitrogen and oxygen atoms in total. The maximum absolute atomic E-state index is 14.9. The van der Waals surface area contributed by atoms with E-state index in [1.807, 2.05) is 25.7 Å². The molecule has 0 unspecified atom stereocenters. The van der Waals surface area contributed by atoms with Crippen LogP contribution in [0.15, 0.2) is 58.6 Å². The summed E-state index contributed by atoms with van der Waals surface area (Å²) >= 11 is 6.74. The summed E-state index contributed by atoms with van der Waals surface area (Å²) in [5, 5.41) is 0.664. The van der Waals surface area contributed by atoms with E-state index in [0.29, 0.717) is 47.8 Å². The predicted octanol–water partition coefficient (Wildman–Crippen LogP) is 4.58. The molecule has 3 aromatic heterocycles. The van der Waals surface area contributed by atoms with Crippen molar-refractivity contribution in [2.24, 2.45) is 0 Å². The van der Waals surface area contributed by atoms with Crippen LogP contribution in [0.1, 0.15) is 37.9 Å². The topological polar surface area (TPSA) is 104 Å². The molecule has 1 atom stereocenters. The largest absolute Gasteiger partial charge is 0.355 e. The van der Waals surface area contributed by atoms with Crippen LogP contribution in [0, 0.1) is 12.7 Å². The summed E-state index contributed by atoms with van der Waals surface area (Å²) in [5.41, 5.74) is 1.23. The zero-order valence-corrected chi connectivity index (χ0v) is 24.0. The molecule has 212 valence electrons. The van der Waals surface area contributed by atoms with Crippen molar-refractivity contribution in [3.63, 3.8) is 0 Å². The van der Waals surface area contributed by atoms with Gasteiger partial charge in [-0.15, -0.1) is 0 Å². The molecule has 5 rings (SSSR count). The summed E-state index contributed by atoms with van der Waals surface area (Å²) in [6.07, 6.45) is 1.28. The number of carbonyl (C=O) groups is 1. The SMILES string of the molecule is C=CC(=O)N1CCN(c2nc(=O)n(-c3c(C)cc(=O)[nH]c3C(C)C)c3nc(-c4ccccc4F)c(Cl)cc23)[C@@H](C)C1. The van der Waals surface area contributed by atoms with Crippen LogP contribution in [-0.2, 0) is 4.79 Å². The number of H-pyrrole nitrogens is 1. The number of benzene rings is 1. The Morgan fingerprint density at radius 2 is 1.93 bits per heavy atom. The van der Waals surface area contributed by atoms with Gasteiger partial charge < -0.3 is 14.8 Å². The number of carbonyl (C=O) groups excluding carboxylic acids is 1. The lowest BCUT2D eigenvalue weighted by Crippen LogP contribution is -2.54. The fraction of sp³-hybridized carbons (Fsp3) is 0.300. The minimum atomic E-state index is -0.615. The Hall–Kier alpha value is -4.31. The molecule has 0 spiro atoms. The average molecular weight is 577 g/mol. The van der Waals surface area contributed by atoms with E-state index in [0.717, 1.165) is 0 Å². The van der Waals surface area contributed by atoms with Gasteiger partial charge in [0.25, 0.3) is 0 Å². The van der Waals surface area contributed by atoms with E-state index in [1.165, 1.54) is 22.8 Å². The molecule has 1 amide bonds. The standard InChI is InChI=1S/C30H30ClFN6O3/c1-6-24(40)36-11-12-37(18(5)15-36)28-20-14-21(31)26(19-9-7-8-10-22(19)32)34-29(20)38(30(41)35-28)27-17(4)13-23(39)33-25(27)16(2)3/h6-10,13-14,16,18H,1,11-12,15H2,2-5H3,(H,33,39)/t18-/m0/s1. The van der Waals surface area contributed by atoms with Crippen molar-refractivity contribution in [2.75, 3.05) is 24.5 Å². The molecule has 1 aromatic carbocycles. The fourth-order valence-electron chi connectivity index (χ4n) is 5.39. The molecule has 1 aliphatic heterocycles. The van der Waals surface area contributed by atoms with Gasteiger partial charge in [0.05, 0.1) is 21.8 Å². The van der Waals surface area contributed by atoms with Gasteiger partial charge in [-0.1, -0.05) is 44.2 Å². The number of hydrogen-bond acceptors (Lipinski definition) is 6. The predicted molar refractivity (Wildman–Crippen MR) is 159 cm³/mol. The third-order valence-electron chi connectivity index (χ3n) is 7.35. The Labute approximate surface area is 240 Å². The van der Waals surface area contributed by atoms with Gasteiger partial charge in [0.2, 0.25) is 11.5 Å². The average Bonchev–Trinajstić information content (AvgIpc) is 2.93. The van der Waals surface area contributed by atoms with Gasteiger partial charge in [-0.3, -0.25) is 9.59 Å². The van der Waals surface area contributed by atoms with Crippen molar-refractivity contribution >= 4 is 34.4 Å². The molecule has 0 bridgehead atoms. The Bertz CT molecular complexity index is 1810. The molecule has 1 aliphatic rings. The second-order valence-corrected chi connectivity index (χ2v) is 10.9. The van der Waals surface area contributed by atoms with Crippen LogP contribution in [0.3, 0.4) is 0 Å². The second-order valence-electron chi connectivity index (χ2n) is 10.5. The van der Waals surface area contributed by atoms with E-state index in [2.05, 4.69) is 16.5 Å². The molecular weight excluding hydrogens is 547 g/mol. The van der Waals surface area contributed by atoms with E-state index in [-0.39, 0.29) is 45.4 Å². The normalized spacial score (nSPS) is 15.5. The number of anilines is 1. The van der Waals surface area contributed by atoms with Gasteiger partial charge >= 0.3 is 5.69 Å². The van der Waals surface area contributed by atoms with Crippen molar-refractivity contribution in [3.8, 4) is 16.9 Å². The highest BCUT2D eigenvalue weighted by molar-refractivity contribution is 6.33. The first-order valence-corrected chi connectivity index (χ1v) is 13.7. The Morgan fingerprint density at radius 3 is 2.59 bits per heavy atom. The van der Waals surface area contributed by atoms with Gasteiger partial charge in [-0.2, -0.15) is 4.98 Å². The number of piperazine rings is 1. The van der Waals surface area contributed by atoms with Crippen LogP contribution < -0.4 is 16.1 Å². The third kappa shape index (κ3) is 5.04. The maximum atomic E-state index is 14.9. The first-order valence-electron chi connectivity index (χ1n) is 13.3. The summed E-state index contributed by atoms with van der Waals surface area (Å²) in [6.45, 7) is 12.3. The molecule has 0 aliphatic carbocycles. The summed E-state index contributed by atoms with van der Waals surface area (Å²) in [7, 11) is 0. The molecule has 0 saturated carbocycles. The van der Waals surface area contributed by atoms with Crippen LogP contribution >= 0.6 is 11.6 Å². The highest BCUT2D eigenvalue weighted by Gasteiger charge is 2.30. The van der Waals surface area contributed by atoms with Crippen LogP contribution in [0.5, 0.6) is 0 Å². The molecule has 1 saturated heterocycles. The lowest BCUT2D eigenvalue weighted by Gasteiger charge is -2.40. The van der Waals surface area contributed by atoms with Crippen LogP contribution in [-0.4, -0.2) is 56.0 Å². The number of fused-ring (bicyclic) bond motifs is 1. The number of nitrogens with one attached hydrogen (secondary N) is 1. The van der Waals surface area contributed by atoms with Gasteiger partial charge in [0.15, 0.2) is 5.65 Å². The van der Waals surface area contributed by atoms with Gasteiger partial charge in [0, 0.05) is 43.0 Å². The quantitative estimate of drug-likeness (QED) is 0.349. The number of aromatic nitrogens is 4. The molecule has 1 fully saturated rings. The molecule has 4 aromatic rings. The number of rotatable bonds is 5. The molecule has 0 radical (unpaired) electrons. The first-order chi connectivity index (χ1) is 19.5. The van der Waals surface area contributed by atoms with E-state index in [9.17, 15) is 18.8 Å². The molecule has 1 N–H and O–H groups in total. The van der Waals surface area contributed by atoms with Crippen molar-refractivity contribution in [1.29, 1.82) is 0 Å². The number of aromatic amines is 1. The van der Waals surface area contributed by atoms with Crippen molar-refractivity contribution in [1.82, 2.24) is 24.4 Å². The fourth-order valence-corrected chi connectivity index (χ4v) is 5.64. The van der Waals surface area contributed by atoms with Gasteiger partial charge in [0.1, 0.15) is 11.6 Å². The van der Waals surface area contributed by atoms with Crippen LogP contribution in [0.2, 0.25) is 5.02 Å². The summed E-state index contributed by atoms with van der Waals surface area (Å²) in [4.78, 5) is 54.4. The molecule has 41 heavy (non-hydrogen) atoms. The third-order valence-corrected chi connectivity index (χ3v) is 7.64. The lowest BCUT2D eigenvalue weighted by molar-refractivity contribution is -0.126. The zero-order valence-electron chi connectivity index (χ0n) is 23.2. The smallest absolute Gasteiger partial charge is 0.350 e. The number of amides is 1. The maximum Gasteiger partial charge on any atom is 0.355 e. The molecular formula is C30H30ClFN6O3. The van der Waals surface area contributed by atoms with E-state index in [4.69, 9.17) is 16.6 Å². The van der Waals surface area contributed by atoms with Gasteiger partial charge in [-0.05, 0) is 49.6 Å².